The lowest BCUT2D eigenvalue weighted by Gasteiger charge is -2.14. The summed E-state index contributed by atoms with van der Waals surface area (Å²) in [6.07, 6.45) is 0.670. The van der Waals surface area contributed by atoms with Crippen molar-refractivity contribution in [3.63, 3.8) is 0 Å². The molecular weight excluding hydrogens is 286 g/mol. The van der Waals surface area contributed by atoms with Crippen molar-refractivity contribution in [2.24, 2.45) is 5.92 Å². The minimum atomic E-state index is -0.129. The molecule has 1 saturated heterocycles. The van der Waals surface area contributed by atoms with E-state index in [2.05, 4.69) is 10.3 Å². The Labute approximate surface area is 128 Å². The van der Waals surface area contributed by atoms with Gasteiger partial charge >= 0.3 is 0 Å². The molecule has 2 aromatic rings. The van der Waals surface area contributed by atoms with Crippen LogP contribution in [0.2, 0.25) is 0 Å². The normalized spacial score (nSPS) is 21.5. The predicted molar refractivity (Wildman–Crippen MR) is 76.4 cm³/mol. The molecule has 0 unspecified atom stereocenters. The molecule has 0 saturated carbocycles. The number of carbonyl (C=O) groups excluding carboxylic acids is 1. The second-order valence-corrected chi connectivity index (χ2v) is 5.71. The van der Waals surface area contributed by atoms with Crippen molar-refractivity contribution >= 4 is 5.91 Å². The van der Waals surface area contributed by atoms with E-state index in [1.807, 2.05) is 13.0 Å². The van der Waals surface area contributed by atoms with E-state index < -0.39 is 0 Å². The van der Waals surface area contributed by atoms with Crippen molar-refractivity contribution in [2.45, 2.75) is 26.4 Å². The number of hydrogen-bond donors (Lipinski definition) is 0. The third-order valence-corrected chi connectivity index (χ3v) is 3.96. The van der Waals surface area contributed by atoms with Crippen LogP contribution >= 0.6 is 0 Å². The third-order valence-electron chi connectivity index (χ3n) is 3.96. The zero-order chi connectivity index (χ0) is 15.7. The lowest BCUT2D eigenvalue weighted by Crippen LogP contribution is -2.30. The summed E-state index contributed by atoms with van der Waals surface area (Å²) in [5, 5.41) is 7.68. The smallest absolute Gasteiger partial charge is 0.276 e. The van der Waals surface area contributed by atoms with Crippen LogP contribution in [-0.2, 0) is 11.2 Å². The molecule has 0 bridgehead atoms. The maximum atomic E-state index is 12.4. The monoisotopic (exact) mass is 305 g/mol. The number of amides is 1. The summed E-state index contributed by atoms with van der Waals surface area (Å²) in [5.41, 5.74) is 1.19. The summed E-state index contributed by atoms with van der Waals surface area (Å²) in [6.45, 7) is 4.79. The van der Waals surface area contributed by atoms with E-state index in [9.17, 15) is 4.79 Å². The standard InChI is InChI=1S/C15H19N3O4/c1-9-4-12(22-16-9)6-11-7-18(8-14(11)20-3)15(19)13-5-10(2)21-17-13/h4-5,11,14H,6-8H2,1-3H3/t11-,14+/m1/s1. The van der Waals surface area contributed by atoms with E-state index in [4.69, 9.17) is 13.8 Å². The molecule has 0 aliphatic carbocycles. The Morgan fingerprint density at radius 1 is 1.32 bits per heavy atom. The van der Waals surface area contributed by atoms with Gasteiger partial charge in [0.15, 0.2) is 5.69 Å². The summed E-state index contributed by atoms with van der Waals surface area (Å²) in [4.78, 5) is 14.2. The number of methoxy groups -OCH3 is 1. The highest BCUT2D eigenvalue weighted by Gasteiger charge is 2.37. The highest BCUT2D eigenvalue weighted by atomic mass is 16.5. The zero-order valence-electron chi connectivity index (χ0n) is 12.9. The molecule has 118 valence electrons. The SMILES string of the molecule is CO[C@H]1CN(C(=O)c2cc(C)on2)C[C@H]1Cc1cc(C)no1. The summed E-state index contributed by atoms with van der Waals surface area (Å²) >= 11 is 0. The van der Waals surface area contributed by atoms with Crippen LogP contribution in [0, 0.1) is 19.8 Å². The van der Waals surface area contributed by atoms with Crippen LogP contribution in [-0.4, -0.2) is 47.4 Å². The fraction of sp³-hybridized carbons (Fsp3) is 0.533. The molecule has 7 nitrogen and oxygen atoms in total. The van der Waals surface area contributed by atoms with Gasteiger partial charge in [-0.3, -0.25) is 4.79 Å². The molecule has 1 aliphatic rings. The van der Waals surface area contributed by atoms with Gasteiger partial charge in [-0.25, -0.2) is 0 Å². The van der Waals surface area contributed by atoms with Crippen molar-refractivity contribution in [1.82, 2.24) is 15.2 Å². The lowest BCUT2D eigenvalue weighted by atomic mass is 10.0. The van der Waals surface area contributed by atoms with Gasteiger partial charge in [0.05, 0.1) is 11.8 Å². The topological polar surface area (TPSA) is 81.6 Å². The molecule has 1 amide bonds. The fourth-order valence-corrected chi connectivity index (χ4v) is 2.87. The van der Waals surface area contributed by atoms with E-state index in [0.29, 0.717) is 31.0 Å². The first kappa shape index (κ1) is 14.8. The summed E-state index contributed by atoms with van der Waals surface area (Å²) < 4.78 is 15.8. The molecule has 22 heavy (non-hydrogen) atoms. The van der Waals surface area contributed by atoms with Crippen molar-refractivity contribution < 1.29 is 18.6 Å². The van der Waals surface area contributed by atoms with Crippen LogP contribution in [0.3, 0.4) is 0 Å². The van der Waals surface area contributed by atoms with Gasteiger partial charge in [-0.1, -0.05) is 10.3 Å². The van der Waals surface area contributed by atoms with E-state index in [-0.39, 0.29) is 17.9 Å². The Kier molecular flexibility index (Phi) is 3.98. The number of ether oxygens (including phenoxy) is 1. The molecule has 0 aromatic carbocycles. The quantitative estimate of drug-likeness (QED) is 0.853. The van der Waals surface area contributed by atoms with Gasteiger partial charge in [0.1, 0.15) is 11.5 Å². The van der Waals surface area contributed by atoms with Crippen LogP contribution < -0.4 is 0 Å². The van der Waals surface area contributed by atoms with Crippen LogP contribution in [0.5, 0.6) is 0 Å². The van der Waals surface area contributed by atoms with Gasteiger partial charge in [0, 0.05) is 44.7 Å². The van der Waals surface area contributed by atoms with Gasteiger partial charge in [-0.2, -0.15) is 0 Å². The molecule has 7 heteroatoms. The van der Waals surface area contributed by atoms with E-state index >= 15 is 0 Å². The fourth-order valence-electron chi connectivity index (χ4n) is 2.87. The summed E-state index contributed by atoms with van der Waals surface area (Å²) in [5.74, 6) is 1.49. The number of carbonyl (C=O) groups is 1. The second-order valence-electron chi connectivity index (χ2n) is 5.71. The maximum Gasteiger partial charge on any atom is 0.276 e. The molecule has 0 spiro atoms. The molecular formula is C15H19N3O4. The minimum Gasteiger partial charge on any atom is -0.379 e. The van der Waals surface area contributed by atoms with Gasteiger partial charge in [-0.15, -0.1) is 0 Å². The van der Waals surface area contributed by atoms with Crippen molar-refractivity contribution in [1.29, 1.82) is 0 Å². The van der Waals surface area contributed by atoms with Crippen molar-refractivity contribution in [2.75, 3.05) is 20.2 Å². The van der Waals surface area contributed by atoms with Crippen LogP contribution in [0.25, 0.3) is 0 Å². The highest BCUT2D eigenvalue weighted by molar-refractivity contribution is 5.92. The number of rotatable bonds is 4. The number of hydrogen-bond acceptors (Lipinski definition) is 6. The average Bonchev–Trinajstić information content (AvgIpc) is 3.19. The predicted octanol–water partition coefficient (Wildman–Crippen LogP) is 1.61. The maximum absolute atomic E-state index is 12.4. The second kappa shape index (κ2) is 5.92. The molecule has 1 fully saturated rings. The first-order valence-electron chi connectivity index (χ1n) is 7.24. The molecule has 2 atom stereocenters. The van der Waals surface area contributed by atoms with Crippen LogP contribution in [0.1, 0.15) is 27.7 Å². The number of aromatic nitrogens is 2. The Morgan fingerprint density at radius 2 is 2.14 bits per heavy atom. The van der Waals surface area contributed by atoms with Crippen molar-refractivity contribution in [3.8, 4) is 0 Å². The van der Waals surface area contributed by atoms with Crippen LogP contribution in [0.4, 0.5) is 0 Å². The molecule has 3 heterocycles. The average molecular weight is 305 g/mol. The molecule has 3 rings (SSSR count). The van der Waals surface area contributed by atoms with E-state index in [1.54, 1.807) is 25.0 Å². The number of aryl methyl sites for hydroxylation is 2. The summed E-state index contributed by atoms with van der Waals surface area (Å²) in [7, 11) is 1.66. The Hall–Kier alpha value is -2.15. The third kappa shape index (κ3) is 2.89. The largest absolute Gasteiger partial charge is 0.379 e. The molecule has 0 N–H and O–H groups in total. The van der Waals surface area contributed by atoms with Crippen molar-refractivity contribution in [3.05, 3.63) is 35.0 Å². The van der Waals surface area contributed by atoms with E-state index in [1.165, 1.54) is 0 Å². The minimum absolute atomic E-state index is 0.0256. The Bertz CT molecular complexity index is 663. The zero-order valence-corrected chi connectivity index (χ0v) is 12.9. The Morgan fingerprint density at radius 3 is 2.73 bits per heavy atom. The number of nitrogens with zero attached hydrogens (tertiary/aromatic N) is 3. The highest BCUT2D eigenvalue weighted by Crippen LogP contribution is 2.25. The summed E-state index contributed by atoms with van der Waals surface area (Å²) in [6, 6.07) is 3.56. The van der Waals surface area contributed by atoms with Crippen LogP contribution in [0.15, 0.2) is 21.2 Å². The van der Waals surface area contributed by atoms with Gasteiger partial charge < -0.3 is 18.7 Å². The first-order chi connectivity index (χ1) is 10.6. The molecule has 0 radical (unpaired) electrons. The lowest BCUT2D eigenvalue weighted by molar-refractivity contribution is 0.0666. The number of likely N-dealkylation sites (tertiary alicyclic amines) is 1. The van der Waals surface area contributed by atoms with E-state index in [0.717, 1.165) is 11.5 Å². The molecule has 2 aromatic heterocycles. The van der Waals surface area contributed by atoms with Gasteiger partial charge in [0.25, 0.3) is 5.91 Å². The first-order valence-corrected chi connectivity index (χ1v) is 7.24. The van der Waals surface area contributed by atoms with Gasteiger partial charge in [0.2, 0.25) is 0 Å². The Balaban J connectivity index is 1.70. The molecule has 1 aliphatic heterocycles. The van der Waals surface area contributed by atoms with Gasteiger partial charge in [-0.05, 0) is 13.8 Å².